The third kappa shape index (κ3) is 3.60. The molecule has 3 unspecified atom stereocenters. The maximum Gasteiger partial charge on any atom is -0.00430 e. The number of aryl methyl sites for hydroxylation is 2. The monoisotopic (exact) mass is 259 g/mol. The molecule has 0 spiro atoms. The van der Waals surface area contributed by atoms with Gasteiger partial charge < -0.3 is 5.73 Å². The molecule has 0 heterocycles. The van der Waals surface area contributed by atoms with E-state index in [-0.39, 0.29) is 0 Å². The van der Waals surface area contributed by atoms with Gasteiger partial charge in [0.1, 0.15) is 0 Å². The first kappa shape index (κ1) is 14.6. The number of rotatable bonds is 4. The van der Waals surface area contributed by atoms with E-state index in [0.29, 0.717) is 11.8 Å². The lowest BCUT2D eigenvalue weighted by Gasteiger charge is -2.36. The molecule has 3 atom stereocenters. The fraction of sp³-hybridized carbons (Fsp3) is 0.667. The summed E-state index contributed by atoms with van der Waals surface area (Å²) in [7, 11) is 0. The Morgan fingerprint density at radius 3 is 2.37 bits per heavy atom. The Morgan fingerprint density at radius 1 is 1.11 bits per heavy atom. The zero-order valence-electron chi connectivity index (χ0n) is 12.8. The van der Waals surface area contributed by atoms with Crippen molar-refractivity contribution in [3.8, 4) is 0 Å². The molecule has 0 radical (unpaired) electrons. The van der Waals surface area contributed by atoms with Crippen molar-refractivity contribution >= 4 is 0 Å². The van der Waals surface area contributed by atoms with Crippen LogP contribution >= 0.6 is 0 Å². The average Bonchev–Trinajstić information content (AvgIpc) is 2.38. The predicted molar refractivity (Wildman–Crippen MR) is 83.5 cm³/mol. The SMILES string of the molecule is CCCC1CCC(CN)C(c2cc(C)cc(C)c2)C1. The molecule has 1 aliphatic carbocycles. The quantitative estimate of drug-likeness (QED) is 0.842. The van der Waals surface area contributed by atoms with Crippen LogP contribution in [0.25, 0.3) is 0 Å². The van der Waals surface area contributed by atoms with Gasteiger partial charge in [-0.3, -0.25) is 0 Å². The minimum Gasteiger partial charge on any atom is -0.330 e. The first-order chi connectivity index (χ1) is 9.13. The van der Waals surface area contributed by atoms with Gasteiger partial charge in [-0.1, -0.05) is 55.5 Å². The van der Waals surface area contributed by atoms with Gasteiger partial charge in [-0.2, -0.15) is 0 Å². The van der Waals surface area contributed by atoms with E-state index in [9.17, 15) is 0 Å². The lowest BCUT2D eigenvalue weighted by atomic mass is 9.70. The minimum atomic E-state index is 0.689. The van der Waals surface area contributed by atoms with E-state index in [1.165, 1.54) is 48.8 Å². The van der Waals surface area contributed by atoms with Crippen LogP contribution in [0, 0.1) is 25.7 Å². The Kier molecular flexibility index (Phi) is 5.04. The summed E-state index contributed by atoms with van der Waals surface area (Å²) in [4.78, 5) is 0. The normalized spacial score (nSPS) is 27.5. The molecule has 106 valence electrons. The molecule has 1 aliphatic rings. The second-order valence-corrected chi connectivity index (χ2v) is 6.49. The lowest BCUT2D eigenvalue weighted by molar-refractivity contribution is 0.230. The highest BCUT2D eigenvalue weighted by atomic mass is 14.6. The Balaban J connectivity index is 2.21. The largest absolute Gasteiger partial charge is 0.330 e. The Bertz CT molecular complexity index is 390. The molecule has 2 N–H and O–H groups in total. The van der Waals surface area contributed by atoms with Crippen LogP contribution in [0.15, 0.2) is 18.2 Å². The topological polar surface area (TPSA) is 26.0 Å². The van der Waals surface area contributed by atoms with Crippen LogP contribution in [0.3, 0.4) is 0 Å². The molecule has 0 amide bonds. The average molecular weight is 259 g/mol. The molecule has 19 heavy (non-hydrogen) atoms. The number of hydrogen-bond acceptors (Lipinski definition) is 1. The van der Waals surface area contributed by atoms with Crippen LogP contribution in [0.4, 0.5) is 0 Å². The highest BCUT2D eigenvalue weighted by Gasteiger charge is 2.30. The second kappa shape index (κ2) is 6.56. The van der Waals surface area contributed by atoms with Gasteiger partial charge in [0.05, 0.1) is 0 Å². The summed E-state index contributed by atoms with van der Waals surface area (Å²) in [6.45, 7) is 7.57. The van der Waals surface area contributed by atoms with E-state index in [2.05, 4.69) is 39.0 Å². The summed E-state index contributed by atoms with van der Waals surface area (Å²) >= 11 is 0. The van der Waals surface area contributed by atoms with Gasteiger partial charge in [-0.25, -0.2) is 0 Å². The summed E-state index contributed by atoms with van der Waals surface area (Å²) in [5.74, 6) is 2.29. The number of nitrogens with two attached hydrogens (primary N) is 1. The van der Waals surface area contributed by atoms with Gasteiger partial charge in [0, 0.05) is 0 Å². The molecular formula is C18H29N. The standard InChI is InChI=1S/C18H29N/c1-4-5-15-6-7-16(12-19)18(11-15)17-9-13(2)8-14(3)10-17/h8-10,15-16,18H,4-7,11-12,19H2,1-3H3. The smallest absolute Gasteiger partial charge is 0.00430 e. The van der Waals surface area contributed by atoms with Crippen LogP contribution in [0.2, 0.25) is 0 Å². The van der Waals surface area contributed by atoms with Crippen molar-refractivity contribution in [1.82, 2.24) is 0 Å². The van der Waals surface area contributed by atoms with Crippen LogP contribution in [-0.2, 0) is 0 Å². The zero-order valence-corrected chi connectivity index (χ0v) is 12.8. The van der Waals surface area contributed by atoms with Crippen molar-refractivity contribution in [3.63, 3.8) is 0 Å². The van der Waals surface area contributed by atoms with Gasteiger partial charge in [0.25, 0.3) is 0 Å². The van der Waals surface area contributed by atoms with E-state index in [1.54, 1.807) is 0 Å². The van der Waals surface area contributed by atoms with Crippen LogP contribution in [0.1, 0.15) is 61.6 Å². The van der Waals surface area contributed by atoms with Crippen LogP contribution in [-0.4, -0.2) is 6.54 Å². The summed E-state index contributed by atoms with van der Waals surface area (Å²) in [6, 6.07) is 7.04. The Labute approximate surface area is 118 Å². The molecule has 1 heteroatoms. The summed E-state index contributed by atoms with van der Waals surface area (Å²) in [5, 5.41) is 0. The fourth-order valence-corrected chi connectivity index (χ4v) is 3.91. The lowest BCUT2D eigenvalue weighted by Crippen LogP contribution is -2.29. The molecule has 1 nitrogen and oxygen atoms in total. The predicted octanol–water partition coefficient (Wildman–Crippen LogP) is 4.56. The maximum absolute atomic E-state index is 6.03. The van der Waals surface area contributed by atoms with Crippen molar-refractivity contribution in [2.45, 2.75) is 58.8 Å². The molecule has 0 aliphatic heterocycles. The van der Waals surface area contributed by atoms with Gasteiger partial charge in [0.15, 0.2) is 0 Å². The van der Waals surface area contributed by atoms with E-state index >= 15 is 0 Å². The zero-order chi connectivity index (χ0) is 13.8. The van der Waals surface area contributed by atoms with Crippen molar-refractivity contribution in [2.24, 2.45) is 17.6 Å². The molecule has 1 fully saturated rings. The maximum atomic E-state index is 6.03. The Hall–Kier alpha value is -0.820. The van der Waals surface area contributed by atoms with Crippen molar-refractivity contribution in [3.05, 3.63) is 34.9 Å². The molecular weight excluding hydrogens is 230 g/mol. The van der Waals surface area contributed by atoms with Gasteiger partial charge in [-0.15, -0.1) is 0 Å². The van der Waals surface area contributed by atoms with Gasteiger partial charge in [-0.05, 0) is 56.6 Å². The number of hydrogen-bond donors (Lipinski definition) is 1. The highest BCUT2D eigenvalue weighted by molar-refractivity contribution is 5.31. The molecule has 2 rings (SSSR count). The second-order valence-electron chi connectivity index (χ2n) is 6.49. The summed E-state index contributed by atoms with van der Waals surface area (Å²) in [5.41, 5.74) is 10.3. The van der Waals surface area contributed by atoms with E-state index in [4.69, 9.17) is 5.73 Å². The van der Waals surface area contributed by atoms with E-state index in [1.807, 2.05) is 0 Å². The first-order valence-electron chi connectivity index (χ1n) is 7.92. The minimum absolute atomic E-state index is 0.689. The van der Waals surface area contributed by atoms with Crippen molar-refractivity contribution in [1.29, 1.82) is 0 Å². The summed E-state index contributed by atoms with van der Waals surface area (Å²) < 4.78 is 0. The van der Waals surface area contributed by atoms with Crippen LogP contribution < -0.4 is 5.73 Å². The van der Waals surface area contributed by atoms with Gasteiger partial charge in [0.2, 0.25) is 0 Å². The van der Waals surface area contributed by atoms with Crippen LogP contribution in [0.5, 0.6) is 0 Å². The van der Waals surface area contributed by atoms with E-state index < -0.39 is 0 Å². The summed E-state index contributed by atoms with van der Waals surface area (Å²) in [6.07, 6.45) is 6.75. The molecule has 0 bridgehead atoms. The molecule has 1 aromatic carbocycles. The number of benzene rings is 1. The molecule has 1 saturated carbocycles. The molecule has 0 aromatic heterocycles. The van der Waals surface area contributed by atoms with Gasteiger partial charge >= 0.3 is 0 Å². The first-order valence-corrected chi connectivity index (χ1v) is 7.92. The van der Waals surface area contributed by atoms with Crippen molar-refractivity contribution in [2.75, 3.05) is 6.54 Å². The van der Waals surface area contributed by atoms with Crippen molar-refractivity contribution < 1.29 is 0 Å². The highest BCUT2D eigenvalue weighted by Crippen LogP contribution is 2.42. The van der Waals surface area contributed by atoms with E-state index in [0.717, 1.165) is 12.5 Å². The Morgan fingerprint density at radius 2 is 1.79 bits per heavy atom. The third-order valence-electron chi connectivity index (χ3n) is 4.77. The molecule has 1 aromatic rings. The fourth-order valence-electron chi connectivity index (χ4n) is 3.91. The molecule has 0 saturated heterocycles. The third-order valence-corrected chi connectivity index (χ3v) is 4.77.